The van der Waals surface area contributed by atoms with Crippen LogP contribution in [0.4, 0.5) is 11.4 Å². The van der Waals surface area contributed by atoms with Gasteiger partial charge in [-0.3, -0.25) is 9.52 Å². The Bertz CT molecular complexity index is 1080. The number of hydrogen-bond acceptors (Lipinski definition) is 6. The van der Waals surface area contributed by atoms with E-state index < -0.39 is 10.0 Å². The van der Waals surface area contributed by atoms with Crippen molar-refractivity contribution in [3.63, 3.8) is 0 Å². The van der Waals surface area contributed by atoms with E-state index in [1.807, 2.05) is 30.3 Å². The molecule has 2 N–H and O–H groups in total. The Hall–Kier alpha value is -3.46. The summed E-state index contributed by atoms with van der Waals surface area (Å²) in [5.41, 5.74) is 1.36. The maximum absolute atomic E-state index is 12.8. The lowest BCUT2D eigenvalue weighted by atomic mass is 10.2. The van der Waals surface area contributed by atoms with Gasteiger partial charge < -0.3 is 10.1 Å². The highest BCUT2D eigenvalue weighted by Crippen LogP contribution is 2.29. The lowest BCUT2D eigenvalue weighted by Crippen LogP contribution is -2.15. The topological polar surface area (TPSA) is 110 Å². The third-order valence-electron chi connectivity index (χ3n) is 3.71. The number of amides is 1. The Balaban J connectivity index is 1.88. The van der Waals surface area contributed by atoms with Crippen LogP contribution in [0.3, 0.4) is 0 Å². The summed E-state index contributed by atoms with van der Waals surface area (Å²) in [6, 6.07) is 13.7. The molecule has 0 unspecified atom stereocenters. The fourth-order valence-corrected chi connectivity index (χ4v) is 3.72. The largest absolute Gasteiger partial charge is 0.495 e. The van der Waals surface area contributed by atoms with Crippen LogP contribution in [-0.4, -0.2) is 31.4 Å². The number of ether oxygens (including phenoxy) is 1. The number of nitrogens with one attached hydrogen (secondary N) is 2. The molecule has 28 heavy (non-hydrogen) atoms. The fraction of sp³-hybridized carbons (Fsp3) is 0.105. The van der Waals surface area contributed by atoms with E-state index in [0.717, 1.165) is 5.56 Å². The van der Waals surface area contributed by atoms with Gasteiger partial charge in [0, 0.05) is 18.2 Å². The second-order valence-corrected chi connectivity index (χ2v) is 7.46. The maximum Gasteiger partial charge on any atom is 0.265 e. The van der Waals surface area contributed by atoms with E-state index in [9.17, 15) is 13.2 Å². The minimum Gasteiger partial charge on any atom is -0.495 e. The molecule has 8 nitrogen and oxygen atoms in total. The quantitative estimate of drug-likeness (QED) is 0.661. The predicted molar refractivity (Wildman–Crippen MR) is 106 cm³/mol. The summed E-state index contributed by atoms with van der Waals surface area (Å²) in [7, 11) is -2.63. The Labute approximate surface area is 162 Å². The van der Waals surface area contributed by atoms with E-state index in [1.165, 1.54) is 38.6 Å². The SMILES string of the molecule is COc1ccc(NC(C)=O)cc1S(=O)(=O)Nc1cnc(-c2ccccc2)nc1. The number of benzene rings is 2. The average molecular weight is 398 g/mol. The maximum atomic E-state index is 12.8. The number of sulfonamides is 1. The van der Waals surface area contributed by atoms with Crippen molar-refractivity contribution in [3.8, 4) is 17.1 Å². The van der Waals surface area contributed by atoms with Crippen LogP contribution in [0.25, 0.3) is 11.4 Å². The van der Waals surface area contributed by atoms with Crippen molar-refractivity contribution >= 4 is 27.3 Å². The molecule has 3 aromatic rings. The van der Waals surface area contributed by atoms with Crippen molar-refractivity contribution in [2.45, 2.75) is 11.8 Å². The number of carbonyl (C=O) groups excluding carboxylic acids is 1. The van der Waals surface area contributed by atoms with E-state index in [2.05, 4.69) is 20.0 Å². The Kier molecular flexibility index (Phi) is 5.55. The monoisotopic (exact) mass is 398 g/mol. The van der Waals surface area contributed by atoms with Crippen molar-refractivity contribution in [1.29, 1.82) is 0 Å². The first-order chi connectivity index (χ1) is 13.4. The number of methoxy groups -OCH3 is 1. The van der Waals surface area contributed by atoms with Crippen LogP contribution in [0.1, 0.15) is 6.92 Å². The number of hydrogen-bond donors (Lipinski definition) is 2. The van der Waals surface area contributed by atoms with Gasteiger partial charge in [-0.1, -0.05) is 30.3 Å². The summed E-state index contributed by atoms with van der Waals surface area (Å²) >= 11 is 0. The highest BCUT2D eigenvalue weighted by Gasteiger charge is 2.21. The Morgan fingerprint density at radius 3 is 2.29 bits per heavy atom. The minimum absolute atomic E-state index is 0.117. The van der Waals surface area contributed by atoms with E-state index >= 15 is 0 Å². The number of anilines is 2. The summed E-state index contributed by atoms with van der Waals surface area (Å²) in [5, 5.41) is 2.55. The van der Waals surface area contributed by atoms with Crippen LogP contribution in [0.15, 0.2) is 65.8 Å². The van der Waals surface area contributed by atoms with E-state index in [1.54, 1.807) is 6.07 Å². The van der Waals surface area contributed by atoms with Crippen molar-refractivity contribution < 1.29 is 17.9 Å². The van der Waals surface area contributed by atoms with Crippen LogP contribution >= 0.6 is 0 Å². The number of aromatic nitrogens is 2. The van der Waals surface area contributed by atoms with Gasteiger partial charge in [0.25, 0.3) is 10.0 Å². The van der Waals surface area contributed by atoms with Crippen molar-refractivity contribution in [1.82, 2.24) is 9.97 Å². The molecule has 0 saturated heterocycles. The van der Waals surface area contributed by atoms with Gasteiger partial charge in [-0.2, -0.15) is 0 Å². The van der Waals surface area contributed by atoms with E-state index in [4.69, 9.17) is 4.74 Å². The van der Waals surface area contributed by atoms with E-state index in [0.29, 0.717) is 11.5 Å². The van der Waals surface area contributed by atoms with Gasteiger partial charge in [-0.15, -0.1) is 0 Å². The zero-order valence-electron chi connectivity index (χ0n) is 15.2. The molecule has 0 saturated carbocycles. The van der Waals surface area contributed by atoms with Crippen molar-refractivity contribution in [3.05, 3.63) is 60.9 Å². The first kappa shape index (κ1) is 19.3. The molecule has 0 aliphatic rings. The second-order valence-electron chi connectivity index (χ2n) is 5.81. The molecular weight excluding hydrogens is 380 g/mol. The zero-order valence-corrected chi connectivity index (χ0v) is 16.0. The molecule has 1 amide bonds. The van der Waals surface area contributed by atoms with Gasteiger partial charge in [0.05, 0.1) is 25.2 Å². The molecule has 144 valence electrons. The normalized spacial score (nSPS) is 10.9. The van der Waals surface area contributed by atoms with Crippen molar-refractivity contribution in [2.75, 3.05) is 17.1 Å². The average Bonchev–Trinajstić information content (AvgIpc) is 2.68. The smallest absolute Gasteiger partial charge is 0.265 e. The molecule has 0 aliphatic heterocycles. The molecule has 2 aromatic carbocycles. The van der Waals surface area contributed by atoms with Gasteiger partial charge in [0.15, 0.2) is 5.82 Å². The molecular formula is C19H18N4O4S. The highest BCUT2D eigenvalue weighted by atomic mass is 32.2. The molecule has 9 heteroatoms. The Morgan fingerprint density at radius 1 is 1.00 bits per heavy atom. The first-order valence-corrected chi connectivity index (χ1v) is 9.73. The van der Waals surface area contributed by atoms with E-state index in [-0.39, 0.29) is 22.2 Å². The summed E-state index contributed by atoms with van der Waals surface area (Å²) < 4.78 is 33.2. The molecule has 0 fully saturated rings. The minimum atomic E-state index is -4.00. The summed E-state index contributed by atoms with van der Waals surface area (Å²) in [6.07, 6.45) is 2.77. The van der Waals surface area contributed by atoms with Crippen molar-refractivity contribution in [2.24, 2.45) is 0 Å². The zero-order chi connectivity index (χ0) is 20.1. The van der Waals surface area contributed by atoms with Crippen LogP contribution < -0.4 is 14.8 Å². The highest BCUT2D eigenvalue weighted by molar-refractivity contribution is 7.92. The molecule has 0 spiro atoms. The third-order valence-corrected chi connectivity index (χ3v) is 5.11. The lowest BCUT2D eigenvalue weighted by Gasteiger charge is -2.13. The number of rotatable bonds is 6. The van der Waals surface area contributed by atoms with Crippen LogP contribution in [0, 0.1) is 0 Å². The molecule has 3 rings (SSSR count). The standard InChI is InChI=1S/C19H18N4O4S/c1-13(24)22-15-8-9-17(27-2)18(10-15)28(25,26)23-16-11-20-19(21-12-16)14-6-4-3-5-7-14/h3-12,23H,1-2H3,(H,22,24). The van der Waals surface area contributed by atoms with Crippen LogP contribution in [0.5, 0.6) is 5.75 Å². The lowest BCUT2D eigenvalue weighted by molar-refractivity contribution is -0.114. The molecule has 1 aromatic heterocycles. The molecule has 0 radical (unpaired) electrons. The third kappa shape index (κ3) is 4.44. The Morgan fingerprint density at radius 2 is 1.68 bits per heavy atom. The van der Waals surface area contributed by atoms with Crippen LogP contribution in [0.2, 0.25) is 0 Å². The first-order valence-electron chi connectivity index (χ1n) is 8.25. The molecule has 0 atom stereocenters. The van der Waals surface area contributed by atoms with Gasteiger partial charge in [-0.05, 0) is 18.2 Å². The second kappa shape index (κ2) is 8.05. The molecule has 1 heterocycles. The van der Waals surface area contributed by atoms with Gasteiger partial charge >= 0.3 is 0 Å². The molecule has 0 aliphatic carbocycles. The van der Waals surface area contributed by atoms with Gasteiger partial charge in [0.1, 0.15) is 10.6 Å². The van der Waals surface area contributed by atoms with Gasteiger partial charge in [0.2, 0.25) is 5.91 Å². The van der Waals surface area contributed by atoms with Gasteiger partial charge in [-0.25, -0.2) is 18.4 Å². The number of carbonyl (C=O) groups is 1. The summed E-state index contributed by atoms with van der Waals surface area (Å²) in [4.78, 5) is 19.5. The molecule has 0 bridgehead atoms. The summed E-state index contributed by atoms with van der Waals surface area (Å²) in [5.74, 6) is 0.309. The van der Waals surface area contributed by atoms with Crippen LogP contribution in [-0.2, 0) is 14.8 Å². The fourth-order valence-electron chi connectivity index (χ4n) is 2.49. The summed E-state index contributed by atoms with van der Waals surface area (Å²) in [6.45, 7) is 1.34. The predicted octanol–water partition coefficient (Wildman–Crippen LogP) is 2.91. The number of nitrogens with zero attached hydrogens (tertiary/aromatic N) is 2.